The van der Waals surface area contributed by atoms with E-state index in [0.717, 1.165) is 11.3 Å². The molecule has 1 aromatic rings. The van der Waals surface area contributed by atoms with Crippen molar-refractivity contribution >= 4 is 17.6 Å². The third-order valence-corrected chi connectivity index (χ3v) is 1.59. The summed E-state index contributed by atoms with van der Waals surface area (Å²) in [5, 5.41) is 8.61. The molecule has 0 radical (unpaired) electrons. The molecule has 0 fully saturated rings. The molecule has 0 bridgehead atoms. The molecule has 0 aliphatic carbocycles. The first-order chi connectivity index (χ1) is 6.72. The SMILES string of the molecule is CC(N)=Nc1cccc(C=CCO)c1. The second-order valence-electron chi connectivity index (χ2n) is 2.93. The van der Waals surface area contributed by atoms with Gasteiger partial charge in [-0.15, -0.1) is 0 Å². The largest absolute Gasteiger partial charge is 0.392 e. The average Bonchev–Trinajstić information content (AvgIpc) is 2.14. The number of nitrogens with zero attached hydrogens (tertiary/aromatic N) is 1. The summed E-state index contributed by atoms with van der Waals surface area (Å²) >= 11 is 0. The number of hydrogen-bond donors (Lipinski definition) is 2. The van der Waals surface area contributed by atoms with Crippen molar-refractivity contribution in [2.24, 2.45) is 10.7 Å². The van der Waals surface area contributed by atoms with Gasteiger partial charge in [-0.2, -0.15) is 0 Å². The van der Waals surface area contributed by atoms with Gasteiger partial charge < -0.3 is 10.8 Å². The molecule has 0 saturated heterocycles. The Hall–Kier alpha value is -1.61. The predicted octanol–water partition coefficient (Wildman–Crippen LogP) is 1.70. The van der Waals surface area contributed by atoms with E-state index in [1.54, 1.807) is 13.0 Å². The van der Waals surface area contributed by atoms with Crippen molar-refractivity contribution in [1.82, 2.24) is 0 Å². The highest BCUT2D eigenvalue weighted by Crippen LogP contribution is 2.14. The number of benzene rings is 1. The molecule has 1 aromatic carbocycles. The van der Waals surface area contributed by atoms with E-state index in [2.05, 4.69) is 4.99 Å². The van der Waals surface area contributed by atoms with Crippen LogP contribution in [0, 0.1) is 0 Å². The minimum Gasteiger partial charge on any atom is -0.392 e. The van der Waals surface area contributed by atoms with Gasteiger partial charge in [-0.1, -0.05) is 24.3 Å². The fourth-order valence-electron chi connectivity index (χ4n) is 1.09. The Morgan fingerprint density at radius 3 is 3.00 bits per heavy atom. The molecule has 0 amide bonds. The van der Waals surface area contributed by atoms with Gasteiger partial charge in [0.15, 0.2) is 0 Å². The quantitative estimate of drug-likeness (QED) is 0.563. The van der Waals surface area contributed by atoms with Crippen molar-refractivity contribution in [2.75, 3.05) is 6.61 Å². The predicted molar refractivity (Wildman–Crippen MR) is 59.5 cm³/mol. The highest BCUT2D eigenvalue weighted by atomic mass is 16.2. The van der Waals surface area contributed by atoms with E-state index in [1.165, 1.54) is 0 Å². The monoisotopic (exact) mass is 190 g/mol. The van der Waals surface area contributed by atoms with Crippen molar-refractivity contribution in [3.05, 3.63) is 35.9 Å². The molecule has 0 spiro atoms. The molecule has 0 saturated carbocycles. The molecular weight excluding hydrogens is 176 g/mol. The standard InChI is InChI=1S/C11H14N2O/c1-9(12)13-11-6-2-4-10(8-11)5-3-7-14/h2-6,8,14H,7H2,1H3,(H2,12,13). The third kappa shape index (κ3) is 3.41. The zero-order valence-electron chi connectivity index (χ0n) is 8.14. The highest BCUT2D eigenvalue weighted by Gasteiger charge is 1.90. The normalized spacial score (nSPS) is 12.3. The maximum absolute atomic E-state index is 8.61. The number of aliphatic hydroxyl groups is 1. The van der Waals surface area contributed by atoms with Gasteiger partial charge in [0.25, 0.3) is 0 Å². The molecule has 3 heteroatoms. The Morgan fingerprint density at radius 1 is 1.57 bits per heavy atom. The highest BCUT2D eigenvalue weighted by molar-refractivity contribution is 5.80. The second kappa shape index (κ2) is 5.19. The summed E-state index contributed by atoms with van der Waals surface area (Å²) in [7, 11) is 0. The fraction of sp³-hybridized carbons (Fsp3) is 0.182. The number of hydrogen-bond acceptors (Lipinski definition) is 2. The van der Waals surface area contributed by atoms with E-state index in [4.69, 9.17) is 10.8 Å². The Balaban J connectivity index is 2.89. The minimum absolute atomic E-state index is 0.0451. The lowest BCUT2D eigenvalue weighted by Crippen LogP contribution is -2.03. The molecule has 0 atom stereocenters. The maximum Gasteiger partial charge on any atom is 0.0964 e. The molecule has 0 heterocycles. The van der Waals surface area contributed by atoms with Gasteiger partial charge in [0.2, 0.25) is 0 Å². The van der Waals surface area contributed by atoms with Crippen LogP contribution in [0.5, 0.6) is 0 Å². The molecule has 1 rings (SSSR count). The van der Waals surface area contributed by atoms with Crippen LogP contribution in [0.4, 0.5) is 5.69 Å². The smallest absolute Gasteiger partial charge is 0.0964 e. The summed E-state index contributed by atoms with van der Waals surface area (Å²) in [4.78, 5) is 4.13. The molecule has 0 aromatic heterocycles. The zero-order chi connectivity index (χ0) is 10.4. The van der Waals surface area contributed by atoms with Crippen LogP contribution >= 0.6 is 0 Å². The first-order valence-electron chi connectivity index (χ1n) is 4.40. The topological polar surface area (TPSA) is 58.6 Å². The van der Waals surface area contributed by atoms with Crippen LogP contribution in [0.3, 0.4) is 0 Å². The Bertz CT molecular complexity index is 352. The second-order valence-corrected chi connectivity index (χ2v) is 2.93. The minimum atomic E-state index is 0.0451. The summed E-state index contributed by atoms with van der Waals surface area (Å²) in [6.45, 7) is 1.79. The van der Waals surface area contributed by atoms with Crippen molar-refractivity contribution < 1.29 is 5.11 Å². The van der Waals surface area contributed by atoms with Crippen molar-refractivity contribution in [1.29, 1.82) is 0 Å². The lowest BCUT2D eigenvalue weighted by molar-refractivity contribution is 0.343. The molecule has 3 nitrogen and oxygen atoms in total. The van der Waals surface area contributed by atoms with Gasteiger partial charge in [0.05, 0.1) is 18.1 Å². The van der Waals surface area contributed by atoms with Crippen LogP contribution in [0.1, 0.15) is 12.5 Å². The number of aliphatic imine (C=N–C) groups is 1. The van der Waals surface area contributed by atoms with Gasteiger partial charge >= 0.3 is 0 Å². The summed E-state index contributed by atoms with van der Waals surface area (Å²) < 4.78 is 0. The van der Waals surface area contributed by atoms with Crippen LogP contribution in [-0.2, 0) is 0 Å². The number of aliphatic hydroxyl groups excluding tert-OH is 1. The Labute approximate surface area is 83.6 Å². The third-order valence-electron chi connectivity index (χ3n) is 1.59. The van der Waals surface area contributed by atoms with Gasteiger partial charge in [0.1, 0.15) is 0 Å². The number of rotatable bonds is 3. The van der Waals surface area contributed by atoms with Crippen molar-refractivity contribution in [2.45, 2.75) is 6.92 Å². The van der Waals surface area contributed by atoms with Crippen LogP contribution in [0.25, 0.3) is 6.08 Å². The molecule has 74 valence electrons. The summed E-state index contributed by atoms with van der Waals surface area (Å²) in [5.41, 5.74) is 7.29. The van der Waals surface area contributed by atoms with E-state index >= 15 is 0 Å². The number of nitrogens with two attached hydrogens (primary N) is 1. The molecule has 3 N–H and O–H groups in total. The average molecular weight is 190 g/mol. The van der Waals surface area contributed by atoms with Gasteiger partial charge in [-0.3, -0.25) is 0 Å². The van der Waals surface area contributed by atoms with E-state index in [-0.39, 0.29) is 6.61 Å². The lowest BCUT2D eigenvalue weighted by Gasteiger charge is -1.97. The van der Waals surface area contributed by atoms with E-state index in [9.17, 15) is 0 Å². The van der Waals surface area contributed by atoms with Gasteiger partial charge in [0, 0.05) is 0 Å². The first kappa shape index (κ1) is 10.5. The van der Waals surface area contributed by atoms with Crippen LogP contribution in [0.15, 0.2) is 35.3 Å². The molecular formula is C11H14N2O. The first-order valence-corrected chi connectivity index (χ1v) is 4.40. The van der Waals surface area contributed by atoms with Gasteiger partial charge in [-0.05, 0) is 24.6 Å². The van der Waals surface area contributed by atoms with Crippen molar-refractivity contribution in [3.8, 4) is 0 Å². The summed E-state index contributed by atoms with van der Waals surface area (Å²) in [6, 6.07) is 7.63. The summed E-state index contributed by atoms with van der Waals surface area (Å²) in [6.07, 6.45) is 3.52. The number of amidine groups is 1. The summed E-state index contributed by atoms with van der Waals surface area (Å²) in [5.74, 6) is 0.535. The van der Waals surface area contributed by atoms with Gasteiger partial charge in [-0.25, -0.2) is 4.99 Å². The molecule has 0 aliphatic heterocycles. The molecule has 0 unspecified atom stereocenters. The molecule has 14 heavy (non-hydrogen) atoms. The van der Waals surface area contributed by atoms with Crippen LogP contribution in [-0.4, -0.2) is 17.5 Å². The van der Waals surface area contributed by atoms with Crippen LogP contribution in [0.2, 0.25) is 0 Å². The van der Waals surface area contributed by atoms with Crippen molar-refractivity contribution in [3.63, 3.8) is 0 Å². The Kier molecular flexibility index (Phi) is 3.88. The van der Waals surface area contributed by atoms with E-state index in [1.807, 2.05) is 30.3 Å². The van der Waals surface area contributed by atoms with Crippen LogP contribution < -0.4 is 5.73 Å². The zero-order valence-corrected chi connectivity index (χ0v) is 8.14. The van der Waals surface area contributed by atoms with E-state index < -0.39 is 0 Å². The molecule has 0 aliphatic rings. The fourth-order valence-corrected chi connectivity index (χ4v) is 1.09. The lowest BCUT2D eigenvalue weighted by atomic mass is 10.2. The Morgan fingerprint density at radius 2 is 2.36 bits per heavy atom. The van der Waals surface area contributed by atoms with E-state index in [0.29, 0.717) is 5.84 Å². The maximum atomic E-state index is 8.61.